The lowest BCUT2D eigenvalue weighted by Crippen LogP contribution is -2.42. The fourth-order valence-electron chi connectivity index (χ4n) is 1.90. The van der Waals surface area contributed by atoms with Crippen LogP contribution in [0.15, 0.2) is 34.7 Å². The second kappa shape index (κ2) is 5.88. The molecule has 7 heteroatoms. The summed E-state index contributed by atoms with van der Waals surface area (Å²) in [4.78, 5) is 34.6. The molecule has 1 aromatic heterocycles. The minimum atomic E-state index is -0.756. The Labute approximate surface area is 125 Å². The fraction of sp³-hybridized carbons (Fsp3) is 0.267. The summed E-state index contributed by atoms with van der Waals surface area (Å²) in [5, 5.41) is 5.45. The highest BCUT2D eigenvalue weighted by molar-refractivity contribution is 5.97. The number of benzene rings is 1. The number of rotatable bonds is 4. The van der Waals surface area contributed by atoms with Crippen molar-refractivity contribution in [1.29, 1.82) is 0 Å². The molecule has 1 fully saturated rings. The Kier molecular flexibility index (Phi) is 3.78. The number of nitrogens with one attached hydrogen (secondary N) is 2. The molecule has 114 valence electrons. The third-order valence-electron chi connectivity index (χ3n) is 3.13. The molecular formula is C15H14N2O5. The van der Waals surface area contributed by atoms with Crippen molar-refractivity contribution in [2.24, 2.45) is 0 Å². The van der Waals surface area contributed by atoms with Gasteiger partial charge in [0, 0.05) is 11.4 Å². The van der Waals surface area contributed by atoms with Gasteiger partial charge in [-0.2, -0.15) is 0 Å². The van der Waals surface area contributed by atoms with E-state index in [0.29, 0.717) is 5.58 Å². The van der Waals surface area contributed by atoms with E-state index in [1.165, 1.54) is 6.07 Å². The van der Waals surface area contributed by atoms with Gasteiger partial charge in [-0.25, -0.2) is 9.59 Å². The van der Waals surface area contributed by atoms with Gasteiger partial charge in [-0.1, -0.05) is 18.2 Å². The van der Waals surface area contributed by atoms with E-state index in [1.807, 2.05) is 6.07 Å². The molecule has 0 bridgehead atoms. The Bertz CT molecular complexity index is 699. The molecular weight excluding hydrogens is 288 g/mol. The van der Waals surface area contributed by atoms with Gasteiger partial charge < -0.3 is 14.5 Å². The summed E-state index contributed by atoms with van der Waals surface area (Å²) in [6, 6.07) is 8.23. The Hall–Kier alpha value is -2.83. The molecule has 2 aromatic rings. The van der Waals surface area contributed by atoms with Crippen LogP contribution in [0.2, 0.25) is 0 Å². The quantitative estimate of drug-likeness (QED) is 0.836. The van der Waals surface area contributed by atoms with Crippen LogP contribution in [0.1, 0.15) is 23.4 Å². The van der Waals surface area contributed by atoms with E-state index in [2.05, 4.69) is 10.6 Å². The molecule has 1 heterocycles. The van der Waals surface area contributed by atoms with E-state index in [4.69, 9.17) is 9.15 Å². The average Bonchev–Trinajstić information content (AvgIpc) is 3.18. The molecule has 7 nitrogen and oxygen atoms in total. The molecule has 3 amide bonds. The first-order valence-corrected chi connectivity index (χ1v) is 6.88. The van der Waals surface area contributed by atoms with E-state index >= 15 is 0 Å². The van der Waals surface area contributed by atoms with Crippen LogP contribution < -0.4 is 10.6 Å². The Morgan fingerprint density at radius 2 is 2.00 bits per heavy atom. The standard InChI is InChI=1S/C15H14N2O5/c18-13(17-15(20)16-10-5-6-10)8-21-14(19)12-7-9-3-1-2-4-11(9)22-12/h1-4,7,10H,5-6,8H2,(H2,16,17,18,20). The van der Waals surface area contributed by atoms with Gasteiger partial charge in [-0.05, 0) is 25.0 Å². The molecule has 0 radical (unpaired) electrons. The van der Waals surface area contributed by atoms with Crippen molar-refractivity contribution in [1.82, 2.24) is 10.6 Å². The van der Waals surface area contributed by atoms with Crippen LogP contribution in [-0.4, -0.2) is 30.6 Å². The lowest BCUT2D eigenvalue weighted by Gasteiger charge is -2.05. The predicted molar refractivity (Wildman–Crippen MR) is 76.2 cm³/mol. The second-order valence-corrected chi connectivity index (χ2v) is 5.02. The van der Waals surface area contributed by atoms with Crippen LogP contribution in [0.3, 0.4) is 0 Å². The van der Waals surface area contributed by atoms with Gasteiger partial charge >= 0.3 is 12.0 Å². The van der Waals surface area contributed by atoms with Crippen molar-refractivity contribution in [3.8, 4) is 0 Å². The first-order valence-electron chi connectivity index (χ1n) is 6.88. The number of furan rings is 1. The maximum Gasteiger partial charge on any atom is 0.374 e. The van der Waals surface area contributed by atoms with Crippen molar-refractivity contribution in [3.05, 3.63) is 36.1 Å². The average molecular weight is 302 g/mol. The molecule has 22 heavy (non-hydrogen) atoms. The highest BCUT2D eigenvalue weighted by Crippen LogP contribution is 2.19. The zero-order valence-electron chi connectivity index (χ0n) is 11.6. The molecule has 3 rings (SSSR count). The van der Waals surface area contributed by atoms with E-state index < -0.39 is 24.5 Å². The monoisotopic (exact) mass is 302 g/mol. The number of fused-ring (bicyclic) bond motifs is 1. The number of para-hydroxylation sites is 1. The van der Waals surface area contributed by atoms with Gasteiger partial charge in [0.15, 0.2) is 6.61 Å². The molecule has 1 aliphatic rings. The minimum absolute atomic E-state index is 0.0106. The smallest absolute Gasteiger partial charge is 0.374 e. The highest BCUT2D eigenvalue weighted by atomic mass is 16.5. The fourth-order valence-corrected chi connectivity index (χ4v) is 1.90. The molecule has 1 aromatic carbocycles. The molecule has 0 unspecified atom stereocenters. The van der Waals surface area contributed by atoms with Gasteiger partial charge in [0.05, 0.1) is 0 Å². The van der Waals surface area contributed by atoms with Crippen LogP contribution >= 0.6 is 0 Å². The highest BCUT2D eigenvalue weighted by Gasteiger charge is 2.24. The van der Waals surface area contributed by atoms with E-state index in [9.17, 15) is 14.4 Å². The Morgan fingerprint density at radius 3 is 2.73 bits per heavy atom. The largest absolute Gasteiger partial charge is 0.450 e. The number of ether oxygens (including phenoxy) is 1. The summed E-state index contributed by atoms with van der Waals surface area (Å²) < 4.78 is 10.1. The molecule has 0 aliphatic heterocycles. The molecule has 1 saturated carbocycles. The maximum absolute atomic E-state index is 11.8. The molecule has 1 aliphatic carbocycles. The van der Waals surface area contributed by atoms with Crippen molar-refractivity contribution in [2.45, 2.75) is 18.9 Å². The molecule has 0 saturated heterocycles. The van der Waals surface area contributed by atoms with Crippen molar-refractivity contribution >= 4 is 28.9 Å². The van der Waals surface area contributed by atoms with Crippen LogP contribution in [0.25, 0.3) is 11.0 Å². The Morgan fingerprint density at radius 1 is 1.23 bits per heavy atom. The van der Waals surface area contributed by atoms with Crippen molar-refractivity contribution in [2.75, 3.05) is 6.61 Å². The van der Waals surface area contributed by atoms with Gasteiger partial charge in [0.25, 0.3) is 5.91 Å². The summed E-state index contributed by atoms with van der Waals surface area (Å²) in [6.07, 6.45) is 1.84. The predicted octanol–water partition coefficient (Wildman–Crippen LogP) is 1.58. The van der Waals surface area contributed by atoms with Crippen LogP contribution in [0.4, 0.5) is 4.79 Å². The second-order valence-electron chi connectivity index (χ2n) is 5.02. The van der Waals surface area contributed by atoms with Gasteiger partial charge in [-0.3, -0.25) is 10.1 Å². The summed E-state index contributed by atoms with van der Waals surface area (Å²) in [5.74, 6) is -1.44. The minimum Gasteiger partial charge on any atom is -0.450 e. The first kappa shape index (κ1) is 14.1. The van der Waals surface area contributed by atoms with E-state index in [1.54, 1.807) is 18.2 Å². The van der Waals surface area contributed by atoms with Crippen LogP contribution in [0, 0.1) is 0 Å². The van der Waals surface area contributed by atoms with Crippen molar-refractivity contribution in [3.63, 3.8) is 0 Å². The summed E-state index contributed by atoms with van der Waals surface area (Å²) in [7, 11) is 0. The maximum atomic E-state index is 11.8. The van der Waals surface area contributed by atoms with E-state index in [0.717, 1.165) is 18.2 Å². The number of esters is 1. The van der Waals surface area contributed by atoms with Gasteiger partial charge in [-0.15, -0.1) is 0 Å². The van der Waals surface area contributed by atoms with Crippen LogP contribution in [-0.2, 0) is 9.53 Å². The third-order valence-corrected chi connectivity index (χ3v) is 3.13. The normalized spacial score (nSPS) is 13.6. The SMILES string of the molecule is O=C(COC(=O)c1cc2ccccc2o1)NC(=O)NC1CC1. The zero-order valence-corrected chi connectivity index (χ0v) is 11.6. The topological polar surface area (TPSA) is 97.6 Å². The third kappa shape index (κ3) is 3.43. The number of hydrogen-bond acceptors (Lipinski definition) is 5. The van der Waals surface area contributed by atoms with Crippen molar-refractivity contribution < 1.29 is 23.5 Å². The number of urea groups is 1. The lowest BCUT2D eigenvalue weighted by molar-refractivity contribution is -0.123. The summed E-state index contributed by atoms with van der Waals surface area (Å²) in [6.45, 7) is -0.548. The molecule has 0 spiro atoms. The lowest BCUT2D eigenvalue weighted by atomic mass is 10.2. The zero-order chi connectivity index (χ0) is 15.5. The molecule has 0 atom stereocenters. The number of carbonyl (C=O) groups is 3. The van der Waals surface area contributed by atoms with Crippen LogP contribution in [0.5, 0.6) is 0 Å². The molecule has 2 N–H and O–H groups in total. The number of hydrogen-bond donors (Lipinski definition) is 2. The summed E-state index contributed by atoms with van der Waals surface area (Å²) >= 11 is 0. The number of carbonyl (C=O) groups excluding carboxylic acids is 3. The first-order chi connectivity index (χ1) is 10.6. The Balaban J connectivity index is 1.50. The summed E-state index contributed by atoms with van der Waals surface area (Å²) in [5.41, 5.74) is 0.558. The number of amides is 3. The van der Waals surface area contributed by atoms with Gasteiger partial charge in [0.2, 0.25) is 5.76 Å². The van der Waals surface area contributed by atoms with Gasteiger partial charge in [0.1, 0.15) is 5.58 Å². The number of imide groups is 1. The van der Waals surface area contributed by atoms with E-state index in [-0.39, 0.29) is 11.8 Å².